The first-order valence-electron chi connectivity index (χ1n) is 6.91. The van der Waals surface area contributed by atoms with Crippen molar-refractivity contribution in [2.75, 3.05) is 7.11 Å². The minimum absolute atomic E-state index is 0.0267. The van der Waals surface area contributed by atoms with Crippen LogP contribution in [-0.4, -0.2) is 35.1 Å². The van der Waals surface area contributed by atoms with Crippen LogP contribution in [0.5, 0.6) is 5.75 Å². The number of carboxylic acid groups (broad SMARTS) is 1. The molecule has 1 saturated carbocycles. The molecule has 0 bridgehead atoms. The van der Waals surface area contributed by atoms with E-state index < -0.39 is 17.3 Å². The zero-order chi connectivity index (χ0) is 15.6. The summed E-state index contributed by atoms with van der Waals surface area (Å²) in [6.45, 7) is 3.23. The van der Waals surface area contributed by atoms with Crippen LogP contribution in [0.1, 0.15) is 31.2 Å². The number of hydrogen-bond acceptors (Lipinski definition) is 4. The monoisotopic (exact) mass is 292 g/mol. The third kappa shape index (κ3) is 3.51. The van der Waals surface area contributed by atoms with Crippen molar-refractivity contribution in [3.05, 3.63) is 23.5 Å². The molecule has 0 spiro atoms. The van der Waals surface area contributed by atoms with E-state index in [1.807, 2.05) is 0 Å². The molecule has 1 aromatic heterocycles. The van der Waals surface area contributed by atoms with Crippen molar-refractivity contribution < 1.29 is 19.4 Å². The first kappa shape index (κ1) is 15.3. The van der Waals surface area contributed by atoms with E-state index in [0.29, 0.717) is 11.4 Å². The number of nitrogens with zero attached hydrogens (tertiary/aromatic N) is 1. The molecule has 1 amide bonds. The summed E-state index contributed by atoms with van der Waals surface area (Å²) in [6.07, 6.45) is 1.86. The highest BCUT2D eigenvalue weighted by Crippen LogP contribution is 2.27. The number of aryl methyl sites for hydroxylation is 1. The molecule has 1 heterocycles. The Labute approximate surface area is 123 Å². The second-order valence-corrected chi connectivity index (χ2v) is 5.70. The van der Waals surface area contributed by atoms with Gasteiger partial charge in [-0.15, -0.1) is 0 Å². The van der Waals surface area contributed by atoms with Gasteiger partial charge in [-0.2, -0.15) is 0 Å². The quantitative estimate of drug-likeness (QED) is 0.772. The van der Waals surface area contributed by atoms with Gasteiger partial charge in [0.05, 0.1) is 7.11 Å². The summed E-state index contributed by atoms with van der Waals surface area (Å²) in [5.41, 5.74) is -0.281. The number of carboxylic acids is 1. The van der Waals surface area contributed by atoms with Gasteiger partial charge in [-0.3, -0.25) is 14.6 Å². The number of rotatable bonds is 6. The molecule has 0 radical (unpaired) electrons. The largest absolute Gasteiger partial charge is 0.497 e. The van der Waals surface area contributed by atoms with Gasteiger partial charge in [-0.25, -0.2) is 0 Å². The van der Waals surface area contributed by atoms with E-state index in [4.69, 9.17) is 4.74 Å². The molecule has 1 aromatic rings. The van der Waals surface area contributed by atoms with Crippen molar-refractivity contribution in [3.63, 3.8) is 0 Å². The average Bonchev–Trinajstić information content (AvgIpc) is 3.21. The average molecular weight is 292 g/mol. The second kappa shape index (κ2) is 5.71. The molecular formula is C15H20N2O4. The Bertz CT molecular complexity index is 569. The van der Waals surface area contributed by atoms with Crippen molar-refractivity contribution >= 4 is 11.9 Å². The van der Waals surface area contributed by atoms with E-state index in [9.17, 15) is 14.7 Å². The predicted molar refractivity (Wildman–Crippen MR) is 76.1 cm³/mol. The maximum absolute atomic E-state index is 12.2. The van der Waals surface area contributed by atoms with Crippen LogP contribution in [0, 0.1) is 12.3 Å². The highest BCUT2D eigenvalue weighted by Gasteiger charge is 2.43. The Morgan fingerprint density at radius 1 is 1.48 bits per heavy atom. The van der Waals surface area contributed by atoms with Crippen LogP contribution in [-0.2, 0) is 16.0 Å². The maximum Gasteiger partial charge on any atom is 0.319 e. The molecule has 6 nitrogen and oxygen atoms in total. The molecule has 2 rings (SSSR count). The van der Waals surface area contributed by atoms with Crippen molar-refractivity contribution in [1.82, 2.24) is 10.3 Å². The lowest BCUT2D eigenvalue weighted by Gasteiger charge is -2.23. The summed E-state index contributed by atoms with van der Waals surface area (Å²) >= 11 is 0. The van der Waals surface area contributed by atoms with Crippen molar-refractivity contribution in [2.45, 2.75) is 39.2 Å². The topological polar surface area (TPSA) is 88.5 Å². The van der Waals surface area contributed by atoms with Crippen molar-refractivity contribution in [2.24, 2.45) is 5.41 Å². The fourth-order valence-electron chi connectivity index (χ4n) is 2.10. The molecule has 1 aliphatic carbocycles. The normalized spacial score (nSPS) is 16.9. The number of aliphatic carboxylic acids is 1. The lowest BCUT2D eigenvalue weighted by Crippen LogP contribution is -2.46. The van der Waals surface area contributed by atoms with E-state index >= 15 is 0 Å². The molecule has 1 atom stereocenters. The number of carbonyl (C=O) groups is 2. The fraction of sp³-hybridized carbons (Fsp3) is 0.533. The minimum atomic E-state index is -1.53. The van der Waals surface area contributed by atoms with E-state index in [0.717, 1.165) is 18.5 Å². The highest BCUT2D eigenvalue weighted by molar-refractivity contribution is 6.01. The zero-order valence-corrected chi connectivity index (χ0v) is 12.5. The van der Waals surface area contributed by atoms with Crippen LogP contribution in [0.2, 0.25) is 0 Å². The van der Waals surface area contributed by atoms with Gasteiger partial charge in [0.2, 0.25) is 5.91 Å². The molecule has 0 aromatic carbocycles. The van der Waals surface area contributed by atoms with Crippen LogP contribution in [0.4, 0.5) is 0 Å². The van der Waals surface area contributed by atoms with Crippen LogP contribution in [0.3, 0.4) is 0 Å². The molecule has 1 fully saturated rings. The van der Waals surface area contributed by atoms with Gasteiger partial charge in [0.15, 0.2) is 0 Å². The van der Waals surface area contributed by atoms with Crippen LogP contribution in [0.15, 0.2) is 12.1 Å². The van der Waals surface area contributed by atoms with Gasteiger partial charge >= 0.3 is 5.97 Å². The number of aromatic nitrogens is 1. The van der Waals surface area contributed by atoms with E-state index in [-0.39, 0.29) is 12.5 Å². The summed E-state index contributed by atoms with van der Waals surface area (Å²) in [6, 6.07) is 3.54. The Hall–Kier alpha value is -2.11. The fourth-order valence-corrected chi connectivity index (χ4v) is 2.10. The molecule has 0 saturated heterocycles. The molecule has 114 valence electrons. The van der Waals surface area contributed by atoms with E-state index in [1.54, 1.807) is 19.1 Å². The number of nitrogens with one attached hydrogen (secondary N) is 1. The Morgan fingerprint density at radius 3 is 2.67 bits per heavy atom. The third-order valence-corrected chi connectivity index (χ3v) is 3.64. The number of methoxy groups -OCH3 is 1. The Balaban J connectivity index is 2.24. The second-order valence-electron chi connectivity index (χ2n) is 5.70. The van der Waals surface area contributed by atoms with Crippen LogP contribution >= 0.6 is 0 Å². The first-order chi connectivity index (χ1) is 9.85. The molecular weight excluding hydrogens is 272 g/mol. The number of pyridine rings is 1. The SMILES string of the molecule is COc1cc(C)nc(CC(C)(C(=O)O)C(=O)NC2CC2)c1. The minimum Gasteiger partial charge on any atom is -0.497 e. The molecule has 1 aliphatic rings. The lowest BCUT2D eigenvalue weighted by atomic mass is 9.84. The summed E-state index contributed by atoms with van der Waals surface area (Å²) < 4.78 is 5.16. The van der Waals surface area contributed by atoms with E-state index in [2.05, 4.69) is 10.3 Å². The summed E-state index contributed by atoms with van der Waals surface area (Å²) in [4.78, 5) is 28.1. The Morgan fingerprint density at radius 2 is 2.14 bits per heavy atom. The molecule has 6 heteroatoms. The van der Waals surface area contributed by atoms with Gasteiger partial charge in [-0.05, 0) is 26.7 Å². The summed E-state index contributed by atoms with van der Waals surface area (Å²) in [5, 5.41) is 12.2. The summed E-state index contributed by atoms with van der Waals surface area (Å²) in [7, 11) is 1.54. The van der Waals surface area contributed by atoms with Crippen LogP contribution < -0.4 is 10.1 Å². The smallest absolute Gasteiger partial charge is 0.319 e. The number of hydrogen-bond donors (Lipinski definition) is 2. The maximum atomic E-state index is 12.2. The lowest BCUT2D eigenvalue weighted by molar-refractivity contribution is -0.154. The molecule has 2 N–H and O–H groups in total. The molecule has 21 heavy (non-hydrogen) atoms. The van der Waals surface area contributed by atoms with Gasteiger partial charge in [-0.1, -0.05) is 0 Å². The van der Waals surface area contributed by atoms with Gasteiger partial charge in [0, 0.05) is 36.0 Å². The Kier molecular flexibility index (Phi) is 4.16. The van der Waals surface area contributed by atoms with E-state index in [1.165, 1.54) is 14.0 Å². The number of carbonyl (C=O) groups excluding carboxylic acids is 1. The zero-order valence-electron chi connectivity index (χ0n) is 12.5. The van der Waals surface area contributed by atoms with Crippen molar-refractivity contribution in [3.8, 4) is 5.75 Å². The predicted octanol–water partition coefficient (Wildman–Crippen LogP) is 1.31. The summed E-state index contributed by atoms with van der Waals surface area (Å²) in [5.74, 6) is -1.00. The standard InChI is InChI=1S/C15H20N2O4/c1-9-6-12(21-3)7-11(16-9)8-15(2,14(19)20)13(18)17-10-4-5-10/h6-7,10H,4-5,8H2,1-3H3,(H,17,18)(H,19,20). The number of ether oxygens (including phenoxy) is 1. The van der Waals surface area contributed by atoms with Gasteiger partial charge in [0.1, 0.15) is 11.2 Å². The van der Waals surface area contributed by atoms with Gasteiger partial charge in [0.25, 0.3) is 0 Å². The van der Waals surface area contributed by atoms with Crippen LogP contribution in [0.25, 0.3) is 0 Å². The first-order valence-corrected chi connectivity index (χ1v) is 6.91. The highest BCUT2D eigenvalue weighted by atomic mass is 16.5. The molecule has 1 unspecified atom stereocenters. The van der Waals surface area contributed by atoms with Gasteiger partial charge < -0.3 is 15.2 Å². The third-order valence-electron chi connectivity index (χ3n) is 3.64. The molecule has 0 aliphatic heterocycles. The number of amides is 1. The van der Waals surface area contributed by atoms with Crippen molar-refractivity contribution in [1.29, 1.82) is 0 Å².